The number of aromatic nitrogens is 3. The van der Waals surface area contributed by atoms with Gasteiger partial charge in [0.15, 0.2) is 16.7 Å². The Kier molecular flexibility index (Phi) is 5.76. The number of nitrogens with one attached hydrogen (secondary N) is 1. The molecular weight excluding hydrogens is 412 g/mol. The van der Waals surface area contributed by atoms with Crippen LogP contribution in [0.4, 0.5) is 10.9 Å². The first-order chi connectivity index (χ1) is 13.7. The maximum atomic E-state index is 6.09. The maximum absolute atomic E-state index is 6.09. The molecule has 3 aromatic heterocycles. The average Bonchev–Trinajstić information content (AvgIpc) is 3.09. The van der Waals surface area contributed by atoms with Gasteiger partial charge in [0.1, 0.15) is 10.9 Å². The third-order valence-corrected chi connectivity index (χ3v) is 5.61. The first-order valence-corrected chi connectivity index (χ1v) is 10.4. The van der Waals surface area contributed by atoms with Crippen molar-refractivity contribution < 1.29 is 4.74 Å². The fraction of sp³-hybridized carbons (Fsp3) is 0.0500. The van der Waals surface area contributed by atoms with Gasteiger partial charge in [0.05, 0.1) is 5.69 Å². The van der Waals surface area contributed by atoms with Gasteiger partial charge >= 0.3 is 0 Å². The molecule has 0 bridgehead atoms. The number of benzene rings is 1. The second kappa shape index (κ2) is 8.60. The van der Waals surface area contributed by atoms with Crippen LogP contribution in [0.1, 0.15) is 5.69 Å². The molecule has 28 heavy (non-hydrogen) atoms. The van der Waals surface area contributed by atoms with E-state index in [2.05, 4.69) is 20.3 Å². The van der Waals surface area contributed by atoms with E-state index in [0.717, 1.165) is 26.4 Å². The molecule has 0 atom stereocenters. The highest BCUT2D eigenvalue weighted by atomic mass is 35.5. The summed E-state index contributed by atoms with van der Waals surface area (Å²) in [5, 5.41) is 6.45. The van der Waals surface area contributed by atoms with E-state index in [1.807, 2.05) is 60.8 Å². The predicted octanol–water partition coefficient (Wildman–Crippen LogP) is 6.58. The summed E-state index contributed by atoms with van der Waals surface area (Å²) < 4.78 is 6.09. The summed E-state index contributed by atoms with van der Waals surface area (Å²) in [6.45, 7) is 1.95. The van der Waals surface area contributed by atoms with Crippen molar-refractivity contribution in [3.05, 3.63) is 77.2 Å². The summed E-state index contributed by atoms with van der Waals surface area (Å²) in [4.78, 5) is 14.9. The van der Waals surface area contributed by atoms with Gasteiger partial charge in [-0.15, -0.1) is 11.3 Å². The Bertz CT molecular complexity index is 1090. The van der Waals surface area contributed by atoms with Crippen LogP contribution in [-0.4, -0.2) is 15.0 Å². The van der Waals surface area contributed by atoms with Gasteiger partial charge in [-0.25, -0.2) is 15.0 Å². The normalized spacial score (nSPS) is 10.6. The summed E-state index contributed by atoms with van der Waals surface area (Å²) in [7, 11) is 0. The van der Waals surface area contributed by atoms with E-state index in [1.165, 1.54) is 23.1 Å². The maximum Gasteiger partial charge on any atom is 0.188 e. The Morgan fingerprint density at radius 3 is 2.68 bits per heavy atom. The number of pyridine rings is 2. The second-order valence-corrected chi connectivity index (χ2v) is 8.16. The van der Waals surface area contributed by atoms with Crippen LogP contribution in [0.25, 0.3) is 0 Å². The summed E-state index contributed by atoms with van der Waals surface area (Å²) >= 11 is 9.05. The molecule has 8 heteroatoms. The number of aryl methyl sites for hydroxylation is 1. The van der Waals surface area contributed by atoms with Crippen molar-refractivity contribution in [3.8, 4) is 11.5 Å². The van der Waals surface area contributed by atoms with E-state index in [9.17, 15) is 0 Å². The minimum absolute atomic E-state index is 0.455. The third-order valence-electron chi connectivity index (χ3n) is 3.58. The van der Waals surface area contributed by atoms with E-state index in [4.69, 9.17) is 16.3 Å². The number of thiazole rings is 1. The Hall–Kier alpha value is -2.61. The van der Waals surface area contributed by atoms with Crippen LogP contribution in [0, 0.1) is 6.92 Å². The van der Waals surface area contributed by atoms with E-state index in [1.54, 1.807) is 12.4 Å². The molecule has 0 aliphatic rings. The van der Waals surface area contributed by atoms with Gasteiger partial charge in [0.25, 0.3) is 0 Å². The molecular formula is C20H15ClN4OS2. The highest BCUT2D eigenvalue weighted by molar-refractivity contribution is 7.99. The fourth-order valence-corrected chi connectivity index (χ4v) is 4.14. The lowest BCUT2D eigenvalue weighted by Gasteiger charge is -2.12. The average molecular weight is 427 g/mol. The van der Waals surface area contributed by atoms with Gasteiger partial charge < -0.3 is 10.1 Å². The van der Waals surface area contributed by atoms with Gasteiger partial charge in [0, 0.05) is 33.6 Å². The molecule has 3 heterocycles. The van der Waals surface area contributed by atoms with Crippen molar-refractivity contribution in [1.29, 1.82) is 0 Å². The van der Waals surface area contributed by atoms with Crippen LogP contribution < -0.4 is 10.1 Å². The lowest BCUT2D eigenvalue weighted by molar-refractivity contribution is 0.481. The molecule has 0 radical (unpaired) electrons. The third kappa shape index (κ3) is 4.81. The second-order valence-electron chi connectivity index (χ2n) is 5.77. The van der Waals surface area contributed by atoms with Crippen molar-refractivity contribution in [3.63, 3.8) is 0 Å². The van der Waals surface area contributed by atoms with E-state index < -0.39 is 0 Å². The quantitative estimate of drug-likeness (QED) is 0.351. The fourth-order valence-electron chi connectivity index (χ4n) is 2.37. The number of halogens is 1. The molecule has 140 valence electrons. The first kappa shape index (κ1) is 18.7. The molecule has 1 N–H and O–H groups in total. The number of rotatable bonds is 6. The first-order valence-electron chi connectivity index (χ1n) is 8.37. The van der Waals surface area contributed by atoms with Gasteiger partial charge in [-0.05, 0) is 31.2 Å². The predicted molar refractivity (Wildman–Crippen MR) is 114 cm³/mol. The van der Waals surface area contributed by atoms with Gasteiger partial charge in [0.2, 0.25) is 0 Å². The number of hydrogen-bond acceptors (Lipinski definition) is 7. The number of anilines is 2. The van der Waals surface area contributed by atoms with Gasteiger partial charge in [-0.2, -0.15) is 0 Å². The van der Waals surface area contributed by atoms with Gasteiger partial charge in [-0.1, -0.05) is 41.6 Å². The summed E-state index contributed by atoms with van der Waals surface area (Å²) in [6.07, 6.45) is 3.47. The highest BCUT2D eigenvalue weighted by Crippen LogP contribution is 2.36. The lowest BCUT2D eigenvalue weighted by atomic mass is 10.3. The van der Waals surface area contributed by atoms with Crippen LogP contribution >= 0.6 is 34.7 Å². The Balaban J connectivity index is 1.65. The Morgan fingerprint density at radius 1 is 1.07 bits per heavy atom. The number of para-hydroxylation sites is 1. The van der Waals surface area contributed by atoms with Crippen LogP contribution in [0.15, 0.2) is 76.1 Å². The van der Waals surface area contributed by atoms with Crippen molar-refractivity contribution in [2.45, 2.75) is 16.7 Å². The van der Waals surface area contributed by atoms with Gasteiger partial charge in [-0.3, -0.25) is 0 Å². The van der Waals surface area contributed by atoms with Crippen LogP contribution in [0.3, 0.4) is 0 Å². The van der Waals surface area contributed by atoms with Crippen LogP contribution in [0.2, 0.25) is 5.15 Å². The monoisotopic (exact) mass is 426 g/mol. The molecule has 5 nitrogen and oxygen atoms in total. The smallest absolute Gasteiger partial charge is 0.188 e. The van der Waals surface area contributed by atoms with Crippen molar-refractivity contribution >= 4 is 45.6 Å². The SMILES string of the molecule is Cc1csc(Nc2ncc(Sc3ccnc(Cl)c3)cc2Oc2ccccc2)n1. The zero-order valence-corrected chi connectivity index (χ0v) is 17.2. The summed E-state index contributed by atoms with van der Waals surface area (Å²) in [5.41, 5.74) is 0.958. The molecule has 4 aromatic rings. The van der Waals surface area contributed by atoms with Crippen LogP contribution in [-0.2, 0) is 0 Å². The van der Waals surface area contributed by atoms with Crippen molar-refractivity contribution in [1.82, 2.24) is 15.0 Å². The zero-order valence-electron chi connectivity index (χ0n) is 14.8. The largest absolute Gasteiger partial charge is 0.453 e. The Labute approximate surface area is 175 Å². The van der Waals surface area contributed by atoms with E-state index in [0.29, 0.717) is 16.7 Å². The van der Waals surface area contributed by atoms with E-state index >= 15 is 0 Å². The number of nitrogens with zero attached hydrogens (tertiary/aromatic N) is 3. The highest BCUT2D eigenvalue weighted by Gasteiger charge is 2.12. The lowest BCUT2D eigenvalue weighted by Crippen LogP contribution is -1.97. The molecule has 1 aromatic carbocycles. The molecule has 0 amide bonds. The minimum atomic E-state index is 0.455. The van der Waals surface area contributed by atoms with Crippen molar-refractivity contribution in [2.75, 3.05) is 5.32 Å². The summed E-state index contributed by atoms with van der Waals surface area (Å²) in [5.74, 6) is 1.95. The number of hydrogen-bond donors (Lipinski definition) is 1. The molecule has 0 spiro atoms. The standard InChI is InChI=1S/C20H15ClN4OS2/c1-13-12-27-20(24-13)25-19-17(26-14-5-3-2-4-6-14)9-16(11-23-19)28-15-7-8-22-18(21)10-15/h2-12H,1H3,(H,23,24,25). The molecule has 0 fully saturated rings. The van der Waals surface area contributed by atoms with Crippen molar-refractivity contribution in [2.24, 2.45) is 0 Å². The molecule has 0 saturated heterocycles. The zero-order chi connectivity index (χ0) is 19.3. The number of ether oxygens (including phenoxy) is 1. The molecule has 0 saturated carbocycles. The minimum Gasteiger partial charge on any atom is -0.453 e. The molecule has 0 aliphatic heterocycles. The molecule has 0 unspecified atom stereocenters. The molecule has 0 aliphatic carbocycles. The Morgan fingerprint density at radius 2 is 1.93 bits per heavy atom. The summed E-state index contributed by atoms with van der Waals surface area (Å²) in [6, 6.07) is 15.3. The molecule has 4 rings (SSSR count). The topological polar surface area (TPSA) is 59.9 Å². The van der Waals surface area contributed by atoms with Crippen LogP contribution in [0.5, 0.6) is 11.5 Å². The van der Waals surface area contributed by atoms with E-state index in [-0.39, 0.29) is 0 Å².